The van der Waals surface area contributed by atoms with Crippen molar-refractivity contribution in [1.82, 2.24) is 0 Å². The molecule has 0 aromatic heterocycles. The van der Waals surface area contributed by atoms with Gasteiger partial charge in [-0.3, -0.25) is 10.1 Å². The van der Waals surface area contributed by atoms with E-state index in [2.05, 4.69) is 10.6 Å². The number of hydrogen-bond acceptors (Lipinski definition) is 4. The van der Waals surface area contributed by atoms with Crippen LogP contribution in [0.3, 0.4) is 0 Å². The molecule has 2 N–H and O–H groups in total. The minimum Gasteiger partial charge on any atom is -0.493 e. The highest BCUT2D eigenvalue weighted by Gasteiger charge is 2.17. The normalized spacial score (nSPS) is 11.0. The van der Waals surface area contributed by atoms with Crippen molar-refractivity contribution in [2.75, 3.05) is 17.2 Å². The summed E-state index contributed by atoms with van der Waals surface area (Å²) in [6.45, 7) is 9.31. The summed E-state index contributed by atoms with van der Waals surface area (Å²) in [6.07, 6.45) is -0.611. The maximum atomic E-state index is 14.0. The molecule has 2 aromatic rings. The van der Waals surface area contributed by atoms with Gasteiger partial charge in [-0.25, -0.2) is 9.18 Å². The Labute approximate surface area is 170 Å². The molecule has 0 radical (unpaired) electrons. The number of halogens is 1. The second-order valence-corrected chi connectivity index (χ2v) is 7.67. The molecule has 2 aromatic carbocycles. The highest BCUT2D eigenvalue weighted by atomic mass is 19.1. The molecular weight excluding hydrogens is 375 g/mol. The lowest BCUT2D eigenvalue weighted by Crippen LogP contribution is -2.27. The highest BCUT2D eigenvalue weighted by Crippen LogP contribution is 2.22. The lowest BCUT2D eigenvalue weighted by atomic mass is 10.1. The second kappa shape index (κ2) is 9.41. The van der Waals surface area contributed by atoms with Gasteiger partial charge in [-0.15, -0.1) is 0 Å². The summed E-state index contributed by atoms with van der Waals surface area (Å²) in [6, 6.07) is 9.59. The molecule has 2 rings (SSSR count). The van der Waals surface area contributed by atoms with Crippen LogP contribution in [0.15, 0.2) is 36.4 Å². The van der Waals surface area contributed by atoms with Crippen LogP contribution >= 0.6 is 0 Å². The molecule has 0 atom stereocenters. The molecule has 0 saturated heterocycles. The van der Waals surface area contributed by atoms with Crippen LogP contribution in [0.25, 0.3) is 0 Å². The summed E-state index contributed by atoms with van der Waals surface area (Å²) < 4.78 is 24.8. The Morgan fingerprint density at radius 1 is 1.07 bits per heavy atom. The topological polar surface area (TPSA) is 76.7 Å². The number of benzene rings is 2. The average molecular weight is 402 g/mol. The number of carbonyl (C=O) groups excluding carboxylic acids is 2. The van der Waals surface area contributed by atoms with Crippen LogP contribution in [0.2, 0.25) is 0 Å². The van der Waals surface area contributed by atoms with Gasteiger partial charge in [0.25, 0.3) is 0 Å². The molecule has 29 heavy (non-hydrogen) atoms. The third-order valence-corrected chi connectivity index (χ3v) is 4.03. The van der Waals surface area contributed by atoms with Gasteiger partial charge in [-0.05, 0) is 70.0 Å². The first kappa shape index (κ1) is 22.2. The monoisotopic (exact) mass is 402 g/mol. The molecule has 2 amide bonds. The van der Waals surface area contributed by atoms with Crippen molar-refractivity contribution >= 4 is 23.4 Å². The van der Waals surface area contributed by atoms with Crippen molar-refractivity contribution in [3.05, 3.63) is 53.3 Å². The van der Waals surface area contributed by atoms with Gasteiger partial charge in [0.05, 0.1) is 18.7 Å². The summed E-state index contributed by atoms with van der Waals surface area (Å²) in [5.41, 5.74) is 1.73. The number of amides is 2. The van der Waals surface area contributed by atoms with Gasteiger partial charge in [0, 0.05) is 5.69 Å². The Hall–Kier alpha value is -3.09. The van der Waals surface area contributed by atoms with Gasteiger partial charge in [-0.1, -0.05) is 12.1 Å². The fourth-order valence-electron chi connectivity index (χ4n) is 2.47. The van der Waals surface area contributed by atoms with E-state index < -0.39 is 23.4 Å². The highest BCUT2D eigenvalue weighted by molar-refractivity contribution is 5.92. The maximum absolute atomic E-state index is 14.0. The number of aryl methyl sites for hydroxylation is 1. The third kappa shape index (κ3) is 7.10. The molecule has 0 aliphatic rings. The van der Waals surface area contributed by atoms with Crippen LogP contribution in [0.1, 0.15) is 38.3 Å². The average Bonchev–Trinajstić information content (AvgIpc) is 2.60. The Morgan fingerprint density at radius 2 is 1.79 bits per heavy atom. The van der Waals surface area contributed by atoms with Gasteiger partial charge in [0.2, 0.25) is 5.91 Å². The first-order chi connectivity index (χ1) is 13.5. The van der Waals surface area contributed by atoms with Gasteiger partial charge >= 0.3 is 6.09 Å². The minimum atomic E-state index is -0.664. The molecule has 156 valence electrons. The molecule has 0 aliphatic carbocycles. The number of hydrogen-bond donors (Lipinski definition) is 2. The molecular formula is C22H27FN2O4. The third-order valence-electron chi connectivity index (χ3n) is 4.03. The Balaban J connectivity index is 1.92. The van der Waals surface area contributed by atoms with Crippen molar-refractivity contribution in [3.8, 4) is 5.75 Å². The summed E-state index contributed by atoms with van der Waals surface area (Å²) in [7, 11) is 0. The number of ether oxygens (including phenoxy) is 2. The standard InChI is InChI=1S/C22H27FN2O4/c1-14-7-6-8-19(15(14)2)28-12-11-20(26)25-18-13-16(9-10-17(18)23)24-21(27)29-22(3,4)5/h6-10,13H,11-12H2,1-5H3,(H,24,27)(H,25,26). The number of rotatable bonds is 6. The number of anilines is 2. The van der Waals surface area contributed by atoms with Crippen molar-refractivity contribution in [3.63, 3.8) is 0 Å². The molecule has 7 heteroatoms. The minimum absolute atomic E-state index is 0.0321. The van der Waals surface area contributed by atoms with Crippen LogP contribution in [0, 0.1) is 19.7 Å². The predicted octanol–water partition coefficient (Wildman–Crippen LogP) is 5.20. The first-order valence-corrected chi connectivity index (χ1v) is 9.33. The van der Waals surface area contributed by atoms with E-state index in [1.807, 2.05) is 32.0 Å². The molecule has 0 saturated carbocycles. The van der Waals surface area contributed by atoms with E-state index in [0.717, 1.165) is 17.2 Å². The van der Waals surface area contributed by atoms with Crippen LogP contribution in [0.5, 0.6) is 5.75 Å². The summed E-state index contributed by atoms with van der Waals surface area (Å²) in [4.78, 5) is 24.0. The Morgan fingerprint density at radius 3 is 2.48 bits per heavy atom. The lowest BCUT2D eigenvalue weighted by molar-refractivity contribution is -0.116. The fourth-order valence-corrected chi connectivity index (χ4v) is 2.47. The molecule has 0 bridgehead atoms. The van der Waals surface area contributed by atoms with E-state index in [9.17, 15) is 14.0 Å². The summed E-state index contributed by atoms with van der Waals surface area (Å²) in [5, 5.41) is 5.01. The fraction of sp³-hybridized carbons (Fsp3) is 0.364. The van der Waals surface area contributed by atoms with Crippen LogP contribution in [0.4, 0.5) is 20.6 Å². The largest absolute Gasteiger partial charge is 0.493 e. The molecule has 6 nitrogen and oxygen atoms in total. The van der Waals surface area contributed by atoms with Crippen LogP contribution in [-0.2, 0) is 9.53 Å². The quantitative estimate of drug-likeness (QED) is 0.696. The van der Waals surface area contributed by atoms with Gasteiger partial charge in [-0.2, -0.15) is 0 Å². The van der Waals surface area contributed by atoms with Gasteiger partial charge in [0.15, 0.2) is 0 Å². The van der Waals surface area contributed by atoms with E-state index in [1.54, 1.807) is 20.8 Å². The second-order valence-electron chi connectivity index (χ2n) is 7.67. The Kier molecular flexibility index (Phi) is 7.20. The summed E-state index contributed by atoms with van der Waals surface area (Å²) >= 11 is 0. The molecule has 0 aliphatic heterocycles. The smallest absolute Gasteiger partial charge is 0.412 e. The molecule has 0 spiro atoms. The van der Waals surface area contributed by atoms with E-state index >= 15 is 0 Å². The number of nitrogens with one attached hydrogen (secondary N) is 2. The zero-order valence-corrected chi connectivity index (χ0v) is 17.4. The maximum Gasteiger partial charge on any atom is 0.412 e. The lowest BCUT2D eigenvalue weighted by Gasteiger charge is -2.20. The van der Waals surface area contributed by atoms with Crippen molar-refractivity contribution in [1.29, 1.82) is 0 Å². The zero-order valence-electron chi connectivity index (χ0n) is 17.4. The summed E-state index contributed by atoms with van der Waals surface area (Å²) in [5.74, 6) is -0.292. The molecule has 0 heterocycles. The Bertz CT molecular complexity index is 891. The molecule has 0 fully saturated rings. The first-order valence-electron chi connectivity index (χ1n) is 9.33. The SMILES string of the molecule is Cc1cccc(OCCC(=O)Nc2cc(NC(=O)OC(C)(C)C)ccc2F)c1C. The molecule has 0 unspecified atom stereocenters. The van der Waals surface area contributed by atoms with Crippen molar-refractivity contribution < 1.29 is 23.5 Å². The zero-order chi connectivity index (χ0) is 21.6. The van der Waals surface area contributed by atoms with Crippen LogP contribution in [-0.4, -0.2) is 24.2 Å². The van der Waals surface area contributed by atoms with E-state index in [1.165, 1.54) is 12.1 Å². The van der Waals surface area contributed by atoms with Gasteiger partial charge < -0.3 is 14.8 Å². The van der Waals surface area contributed by atoms with Crippen molar-refractivity contribution in [2.24, 2.45) is 0 Å². The number of carbonyl (C=O) groups is 2. The van der Waals surface area contributed by atoms with E-state index in [0.29, 0.717) is 11.4 Å². The van der Waals surface area contributed by atoms with Crippen LogP contribution < -0.4 is 15.4 Å². The van der Waals surface area contributed by atoms with Gasteiger partial charge in [0.1, 0.15) is 17.2 Å². The predicted molar refractivity (Wildman–Crippen MR) is 111 cm³/mol. The van der Waals surface area contributed by atoms with E-state index in [-0.39, 0.29) is 18.7 Å². The van der Waals surface area contributed by atoms with Crippen molar-refractivity contribution in [2.45, 2.75) is 46.6 Å². The van der Waals surface area contributed by atoms with E-state index in [4.69, 9.17) is 9.47 Å².